The zero-order valence-corrected chi connectivity index (χ0v) is 17.7. The van der Waals surface area contributed by atoms with Crippen LogP contribution in [0.25, 0.3) is 11.0 Å². The second-order valence-electron chi connectivity index (χ2n) is 9.45. The number of fused-ring (bicyclic) bond motifs is 1. The minimum atomic E-state index is 0.705. The summed E-state index contributed by atoms with van der Waals surface area (Å²) in [4.78, 5) is 8.54. The van der Waals surface area contributed by atoms with Crippen molar-refractivity contribution in [1.82, 2.24) is 9.97 Å². The lowest BCUT2D eigenvalue weighted by Gasteiger charge is -2.18. The van der Waals surface area contributed by atoms with Crippen LogP contribution in [-0.4, -0.2) is 17.2 Å². The first-order chi connectivity index (χ1) is 13.9. The van der Waals surface area contributed by atoms with E-state index in [4.69, 9.17) is 4.98 Å². The summed E-state index contributed by atoms with van der Waals surface area (Å²) in [5, 5.41) is 0. The molecule has 2 heterocycles. The summed E-state index contributed by atoms with van der Waals surface area (Å²) < 4.78 is 0. The fraction of sp³-hybridized carbons (Fsp3) is 0.720. The monoisotopic (exact) mass is 377 g/mol. The molecule has 2 fully saturated rings. The van der Waals surface area contributed by atoms with E-state index in [-0.39, 0.29) is 0 Å². The molecule has 0 spiro atoms. The van der Waals surface area contributed by atoms with E-state index < -0.39 is 0 Å². The van der Waals surface area contributed by atoms with Gasteiger partial charge in [-0.3, -0.25) is 4.98 Å². The third kappa shape index (κ3) is 5.64. The van der Waals surface area contributed by atoms with Gasteiger partial charge in [0.2, 0.25) is 0 Å². The number of pyridine rings is 1. The van der Waals surface area contributed by atoms with E-state index in [1.165, 1.54) is 119 Å². The normalized spacial score (nSPS) is 21.9. The van der Waals surface area contributed by atoms with Crippen LogP contribution in [0, 0.1) is 0 Å². The van der Waals surface area contributed by atoms with Crippen LogP contribution in [0.1, 0.15) is 114 Å². The first-order valence-corrected chi connectivity index (χ1v) is 12.2. The number of rotatable bonds is 3. The Morgan fingerprint density at radius 2 is 1.29 bits per heavy atom. The average Bonchev–Trinajstić information content (AvgIpc) is 3.09. The van der Waals surface area contributed by atoms with E-state index in [1.807, 2.05) is 0 Å². The van der Waals surface area contributed by atoms with Crippen molar-refractivity contribution in [3.05, 3.63) is 23.9 Å². The van der Waals surface area contributed by atoms with Gasteiger partial charge < -0.3 is 4.98 Å². The second-order valence-corrected chi connectivity index (χ2v) is 9.45. The van der Waals surface area contributed by atoms with E-state index >= 15 is 0 Å². The Morgan fingerprint density at radius 3 is 1.93 bits per heavy atom. The Morgan fingerprint density at radius 1 is 0.714 bits per heavy atom. The molecule has 0 unspecified atom stereocenters. The molecule has 4 rings (SSSR count). The molecule has 2 saturated carbocycles. The Labute approximate surface area is 172 Å². The highest BCUT2D eigenvalue weighted by atomic mass is 14.8. The number of aromatic nitrogens is 2. The number of nitrogens with zero attached hydrogens (tertiary/aromatic N) is 1. The lowest BCUT2D eigenvalue weighted by atomic mass is 9.58. The first kappa shape index (κ1) is 20.0. The zero-order valence-electron chi connectivity index (χ0n) is 17.7. The van der Waals surface area contributed by atoms with Crippen LogP contribution in [0.5, 0.6) is 0 Å². The van der Waals surface area contributed by atoms with Crippen molar-refractivity contribution in [1.29, 1.82) is 0 Å². The molecule has 1 N–H and O–H groups in total. The molecule has 2 aliphatic rings. The molecule has 0 atom stereocenters. The van der Waals surface area contributed by atoms with Crippen LogP contribution in [0.4, 0.5) is 0 Å². The molecule has 0 saturated heterocycles. The molecule has 0 bridgehead atoms. The molecular weight excluding hydrogens is 339 g/mol. The maximum Gasteiger partial charge on any atom is 0.178 e. The fourth-order valence-electron chi connectivity index (χ4n) is 5.41. The lowest BCUT2D eigenvalue weighted by Crippen LogP contribution is -2.21. The highest BCUT2D eigenvalue weighted by Crippen LogP contribution is 2.31. The van der Waals surface area contributed by atoms with Gasteiger partial charge in [-0.25, -0.2) is 0 Å². The molecule has 0 aromatic carbocycles. The molecule has 3 heteroatoms. The summed E-state index contributed by atoms with van der Waals surface area (Å²) in [7, 11) is 2.50. The predicted molar refractivity (Wildman–Crippen MR) is 122 cm³/mol. The van der Waals surface area contributed by atoms with Crippen molar-refractivity contribution >= 4 is 23.9 Å². The van der Waals surface area contributed by atoms with Gasteiger partial charge in [-0.1, -0.05) is 95.7 Å². The molecule has 2 aliphatic carbocycles. The minimum Gasteiger partial charge on any atom is -0.366 e. The lowest BCUT2D eigenvalue weighted by molar-refractivity contribution is 0.462. The number of hydrogen-bond donors (Lipinski definition) is 1. The quantitative estimate of drug-likeness (QED) is 0.571. The van der Waals surface area contributed by atoms with Crippen LogP contribution in [-0.2, 0) is 0 Å². The van der Waals surface area contributed by atoms with Crippen molar-refractivity contribution in [2.45, 2.75) is 114 Å². The van der Waals surface area contributed by atoms with E-state index in [1.54, 1.807) is 0 Å². The van der Waals surface area contributed by atoms with Gasteiger partial charge in [-0.2, -0.15) is 0 Å². The van der Waals surface area contributed by atoms with E-state index in [9.17, 15) is 0 Å². The largest absolute Gasteiger partial charge is 0.366 e. The third-order valence-corrected chi connectivity index (χ3v) is 7.15. The topological polar surface area (TPSA) is 28.7 Å². The van der Waals surface area contributed by atoms with Crippen molar-refractivity contribution in [3.8, 4) is 0 Å². The summed E-state index contributed by atoms with van der Waals surface area (Å²) in [5.41, 5.74) is 5.14. The molecular formula is C25H38BN2. The van der Waals surface area contributed by atoms with Gasteiger partial charge >= 0.3 is 0 Å². The Balaban J connectivity index is 1.44. The maximum atomic E-state index is 4.85. The van der Waals surface area contributed by atoms with Crippen LogP contribution in [0.15, 0.2) is 18.3 Å². The van der Waals surface area contributed by atoms with Gasteiger partial charge in [0.1, 0.15) is 0 Å². The Kier molecular flexibility index (Phi) is 7.52. The van der Waals surface area contributed by atoms with Gasteiger partial charge in [-0.15, -0.1) is 0 Å². The van der Waals surface area contributed by atoms with Crippen molar-refractivity contribution in [2.24, 2.45) is 0 Å². The number of aromatic amines is 1. The van der Waals surface area contributed by atoms with Gasteiger partial charge in [-0.05, 0) is 42.0 Å². The molecule has 2 nitrogen and oxygen atoms in total. The molecule has 2 aromatic heterocycles. The third-order valence-electron chi connectivity index (χ3n) is 7.15. The summed E-state index contributed by atoms with van der Waals surface area (Å²) in [6, 6.07) is 4.68. The standard InChI is InChI=1S/C25H38BN2/c1-2-5-9-13-20(14-10-6-3-1)21-17-24-23(27-19-21)18-25(28-24)26-22-15-11-7-4-8-12-16-22/h17-20,22,28H,1-16H2. The van der Waals surface area contributed by atoms with E-state index in [0.717, 1.165) is 11.3 Å². The summed E-state index contributed by atoms with van der Waals surface area (Å²) >= 11 is 0. The van der Waals surface area contributed by atoms with E-state index in [0.29, 0.717) is 5.92 Å². The van der Waals surface area contributed by atoms with Gasteiger partial charge in [0.05, 0.1) is 11.0 Å². The first-order valence-electron chi connectivity index (χ1n) is 12.2. The van der Waals surface area contributed by atoms with Gasteiger partial charge in [0, 0.05) is 6.20 Å². The summed E-state index contributed by atoms with van der Waals surface area (Å²) in [5.74, 6) is 1.45. The minimum absolute atomic E-state index is 0.705. The number of nitrogens with one attached hydrogen (secondary N) is 1. The Hall–Kier alpha value is -1.25. The highest BCUT2D eigenvalue weighted by Gasteiger charge is 2.17. The molecule has 28 heavy (non-hydrogen) atoms. The van der Waals surface area contributed by atoms with Crippen molar-refractivity contribution < 1.29 is 0 Å². The molecule has 2 aromatic rings. The zero-order chi connectivity index (χ0) is 19.0. The molecule has 0 amide bonds. The average molecular weight is 377 g/mol. The van der Waals surface area contributed by atoms with E-state index in [2.05, 4.69) is 30.6 Å². The van der Waals surface area contributed by atoms with Crippen molar-refractivity contribution in [3.63, 3.8) is 0 Å². The fourth-order valence-corrected chi connectivity index (χ4v) is 5.41. The predicted octanol–water partition coefficient (Wildman–Crippen LogP) is 7.03. The van der Waals surface area contributed by atoms with Crippen LogP contribution < -0.4 is 5.59 Å². The second kappa shape index (κ2) is 10.5. The van der Waals surface area contributed by atoms with Crippen LogP contribution in [0.2, 0.25) is 5.82 Å². The Bertz CT molecular complexity index is 704. The molecule has 1 radical (unpaired) electrons. The van der Waals surface area contributed by atoms with Crippen LogP contribution >= 0.6 is 0 Å². The highest BCUT2D eigenvalue weighted by molar-refractivity contribution is 6.54. The maximum absolute atomic E-state index is 4.85. The van der Waals surface area contributed by atoms with Gasteiger partial charge in [0.25, 0.3) is 0 Å². The smallest absolute Gasteiger partial charge is 0.178 e. The summed E-state index contributed by atoms with van der Waals surface area (Å²) in [6.45, 7) is 0. The number of hydrogen-bond acceptors (Lipinski definition) is 1. The van der Waals surface area contributed by atoms with Crippen molar-refractivity contribution in [2.75, 3.05) is 0 Å². The SMILES string of the molecule is [B](c1cc2ncc(C3CCCCCCCCC3)cc2[nH]1)C1CCCCCCC1. The summed E-state index contributed by atoms with van der Waals surface area (Å²) in [6.07, 6.45) is 24.5. The number of H-pyrrole nitrogens is 1. The van der Waals surface area contributed by atoms with Gasteiger partial charge in [0.15, 0.2) is 7.28 Å². The molecule has 151 valence electrons. The van der Waals surface area contributed by atoms with Crippen LogP contribution in [0.3, 0.4) is 0 Å². The molecule has 0 aliphatic heterocycles.